The van der Waals surface area contributed by atoms with E-state index in [1.165, 1.54) is 48.8 Å². The second kappa shape index (κ2) is 10.6. The first kappa shape index (κ1) is 26.8. The second-order valence-corrected chi connectivity index (χ2v) is 12.5. The zero-order valence-corrected chi connectivity index (χ0v) is 26.1. The molecule has 1 aromatic heterocycles. The fourth-order valence-corrected chi connectivity index (χ4v) is 7.59. The maximum atomic E-state index is 6.25. The minimum Gasteiger partial charge on any atom is -0.456 e. The smallest absolute Gasteiger partial charge is 0.136 e. The highest BCUT2D eigenvalue weighted by Crippen LogP contribution is 2.43. The highest BCUT2D eigenvalue weighted by atomic mass is 16.3. The Balaban J connectivity index is 1.15. The Morgan fingerprint density at radius 2 is 1.02 bits per heavy atom. The number of hydrogen-bond acceptors (Lipinski definition) is 2. The Hall–Kier alpha value is -6.38. The summed E-state index contributed by atoms with van der Waals surface area (Å²) in [5, 5.41) is 12.3. The molecule has 0 fully saturated rings. The van der Waals surface area contributed by atoms with E-state index >= 15 is 0 Å². The second-order valence-electron chi connectivity index (χ2n) is 12.5. The molecule has 10 rings (SSSR count). The molecule has 2 nitrogen and oxygen atoms in total. The lowest BCUT2D eigenvalue weighted by molar-refractivity contribution is 0.669. The van der Waals surface area contributed by atoms with Gasteiger partial charge in [-0.2, -0.15) is 0 Å². The van der Waals surface area contributed by atoms with E-state index in [0.717, 1.165) is 44.4 Å². The number of para-hydroxylation sites is 2. The topological polar surface area (TPSA) is 16.4 Å². The van der Waals surface area contributed by atoms with Gasteiger partial charge in [0, 0.05) is 27.5 Å². The van der Waals surface area contributed by atoms with Gasteiger partial charge in [-0.1, -0.05) is 121 Å². The summed E-state index contributed by atoms with van der Waals surface area (Å²) in [6.45, 7) is 0. The van der Waals surface area contributed by atoms with Crippen LogP contribution in [-0.4, -0.2) is 0 Å². The molecular formula is C46H29NO. The lowest BCUT2D eigenvalue weighted by Crippen LogP contribution is -2.10. The standard InChI is InChI=1S/C46H29NO/c1-2-13-34(14-3-1)47(43-19-10-12-32-28-45-42(29-41(32)43)38-17-8-9-20-44(38)48-45)35-25-23-31(24-26-35)40-27-33-22-21-30-11-4-5-15-36(30)46(33)39-18-7-6-16-37(39)40/h1-29H. The van der Waals surface area contributed by atoms with Gasteiger partial charge in [0.2, 0.25) is 0 Å². The van der Waals surface area contributed by atoms with Crippen molar-refractivity contribution in [3.8, 4) is 11.1 Å². The molecular weight excluding hydrogens is 583 g/mol. The third-order valence-electron chi connectivity index (χ3n) is 9.79. The summed E-state index contributed by atoms with van der Waals surface area (Å²) in [5.41, 5.74) is 7.60. The molecule has 2 heteroatoms. The number of anilines is 3. The molecule has 10 aromatic rings. The Morgan fingerprint density at radius 1 is 0.354 bits per heavy atom. The minimum absolute atomic E-state index is 0.909. The maximum Gasteiger partial charge on any atom is 0.136 e. The van der Waals surface area contributed by atoms with Gasteiger partial charge in [0.05, 0.1) is 5.69 Å². The van der Waals surface area contributed by atoms with Crippen molar-refractivity contribution in [1.82, 2.24) is 0 Å². The Kier molecular flexibility index (Phi) is 5.91. The molecule has 0 N–H and O–H groups in total. The first-order chi connectivity index (χ1) is 23.8. The Bertz CT molecular complexity index is 2830. The van der Waals surface area contributed by atoms with Gasteiger partial charge >= 0.3 is 0 Å². The van der Waals surface area contributed by atoms with Crippen LogP contribution >= 0.6 is 0 Å². The van der Waals surface area contributed by atoms with Crippen LogP contribution in [0.25, 0.3) is 76.2 Å². The average Bonchev–Trinajstić information content (AvgIpc) is 3.52. The molecule has 0 spiro atoms. The predicted molar refractivity (Wildman–Crippen MR) is 204 cm³/mol. The van der Waals surface area contributed by atoms with Crippen molar-refractivity contribution in [3.05, 3.63) is 176 Å². The Morgan fingerprint density at radius 3 is 1.88 bits per heavy atom. The molecule has 0 saturated heterocycles. The molecule has 0 amide bonds. The SMILES string of the molecule is c1ccc(N(c2ccc(-c3cc4ccc5ccccc5c4c4ccccc34)cc2)c2cccc3cc4oc5ccccc5c4cc23)cc1. The first-order valence-corrected chi connectivity index (χ1v) is 16.4. The highest BCUT2D eigenvalue weighted by molar-refractivity contribution is 6.23. The molecule has 1 heterocycles. The van der Waals surface area contributed by atoms with Crippen molar-refractivity contribution in [3.63, 3.8) is 0 Å². The van der Waals surface area contributed by atoms with Crippen LogP contribution in [0, 0.1) is 0 Å². The van der Waals surface area contributed by atoms with Gasteiger partial charge in [0.15, 0.2) is 0 Å². The molecule has 0 aliphatic heterocycles. The van der Waals surface area contributed by atoms with E-state index in [0.29, 0.717) is 0 Å². The van der Waals surface area contributed by atoms with Gasteiger partial charge in [-0.05, 0) is 103 Å². The van der Waals surface area contributed by atoms with E-state index in [2.05, 4.69) is 169 Å². The van der Waals surface area contributed by atoms with Crippen molar-refractivity contribution in [2.75, 3.05) is 4.90 Å². The van der Waals surface area contributed by atoms with Crippen LogP contribution in [0.15, 0.2) is 180 Å². The van der Waals surface area contributed by atoms with Crippen LogP contribution in [-0.2, 0) is 0 Å². The van der Waals surface area contributed by atoms with Gasteiger partial charge in [0.1, 0.15) is 11.2 Å². The van der Waals surface area contributed by atoms with Crippen LogP contribution in [0.3, 0.4) is 0 Å². The summed E-state index contributed by atoms with van der Waals surface area (Å²) in [6, 6.07) is 63.4. The van der Waals surface area contributed by atoms with Gasteiger partial charge in [0.25, 0.3) is 0 Å². The van der Waals surface area contributed by atoms with Gasteiger partial charge in [-0.15, -0.1) is 0 Å². The molecule has 48 heavy (non-hydrogen) atoms. The van der Waals surface area contributed by atoms with Gasteiger partial charge < -0.3 is 9.32 Å². The van der Waals surface area contributed by atoms with Crippen molar-refractivity contribution < 1.29 is 4.42 Å². The largest absolute Gasteiger partial charge is 0.456 e. The quantitative estimate of drug-likeness (QED) is 0.184. The molecule has 0 saturated carbocycles. The van der Waals surface area contributed by atoms with Crippen molar-refractivity contribution in [2.45, 2.75) is 0 Å². The summed E-state index contributed by atoms with van der Waals surface area (Å²) in [4.78, 5) is 2.37. The van der Waals surface area contributed by atoms with E-state index < -0.39 is 0 Å². The minimum atomic E-state index is 0.909. The summed E-state index contributed by atoms with van der Waals surface area (Å²) >= 11 is 0. The van der Waals surface area contributed by atoms with E-state index in [1.54, 1.807) is 0 Å². The van der Waals surface area contributed by atoms with E-state index in [1.807, 2.05) is 12.1 Å². The van der Waals surface area contributed by atoms with Crippen LogP contribution in [0.1, 0.15) is 0 Å². The lowest BCUT2D eigenvalue weighted by Gasteiger charge is -2.27. The normalized spacial score (nSPS) is 11.8. The third kappa shape index (κ3) is 4.13. The van der Waals surface area contributed by atoms with Gasteiger partial charge in [-0.3, -0.25) is 0 Å². The number of fused-ring (bicyclic) bond motifs is 9. The van der Waals surface area contributed by atoms with Crippen LogP contribution in [0.4, 0.5) is 17.1 Å². The first-order valence-electron chi connectivity index (χ1n) is 16.4. The lowest BCUT2D eigenvalue weighted by atomic mass is 9.90. The molecule has 9 aromatic carbocycles. The van der Waals surface area contributed by atoms with E-state index in [9.17, 15) is 0 Å². The van der Waals surface area contributed by atoms with Crippen molar-refractivity contribution in [1.29, 1.82) is 0 Å². The number of rotatable bonds is 4. The highest BCUT2D eigenvalue weighted by Gasteiger charge is 2.18. The molecule has 0 unspecified atom stereocenters. The maximum absolute atomic E-state index is 6.25. The molecule has 0 atom stereocenters. The number of furan rings is 1. The number of hydrogen-bond donors (Lipinski definition) is 0. The number of nitrogens with zero attached hydrogens (tertiary/aromatic N) is 1. The van der Waals surface area contributed by atoms with Gasteiger partial charge in [-0.25, -0.2) is 0 Å². The molecule has 0 aliphatic carbocycles. The molecule has 224 valence electrons. The molecule has 0 radical (unpaired) electrons. The Labute approximate surface area is 277 Å². The van der Waals surface area contributed by atoms with E-state index in [4.69, 9.17) is 4.42 Å². The summed E-state index contributed by atoms with van der Waals surface area (Å²) in [6.07, 6.45) is 0. The predicted octanol–water partition coefficient (Wildman–Crippen LogP) is 13.3. The van der Waals surface area contributed by atoms with Crippen LogP contribution in [0.5, 0.6) is 0 Å². The van der Waals surface area contributed by atoms with Crippen molar-refractivity contribution in [2.24, 2.45) is 0 Å². The zero-order valence-electron chi connectivity index (χ0n) is 26.1. The monoisotopic (exact) mass is 611 g/mol. The van der Waals surface area contributed by atoms with Crippen LogP contribution in [0.2, 0.25) is 0 Å². The van der Waals surface area contributed by atoms with Crippen molar-refractivity contribution >= 4 is 82.1 Å². The number of benzene rings is 9. The molecule has 0 aliphatic rings. The summed E-state index contributed by atoms with van der Waals surface area (Å²) in [7, 11) is 0. The summed E-state index contributed by atoms with van der Waals surface area (Å²) in [5.74, 6) is 0. The fourth-order valence-electron chi connectivity index (χ4n) is 7.59. The zero-order chi connectivity index (χ0) is 31.6. The fraction of sp³-hybridized carbons (Fsp3) is 0. The van der Waals surface area contributed by atoms with E-state index in [-0.39, 0.29) is 0 Å². The third-order valence-corrected chi connectivity index (χ3v) is 9.79. The summed E-state index contributed by atoms with van der Waals surface area (Å²) < 4.78 is 6.25. The molecule has 0 bridgehead atoms. The average molecular weight is 612 g/mol. The van der Waals surface area contributed by atoms with Crippen LogP contribution < -0.4 is 4.90 Å².